The second-order valence-corrected chi connectivity index (χ2v) is 9.54. The molecule has 0 bridgehead atoms. The van der Waals surface area contributed by atoms with Crippen molar-refractivity contribution in [1.82, 2.24) is 9.88 Å². The van der Waals surface area contributed by atoms with Gasteiger partial charge in [-0.05, 0) is 74.4 Å². The maximum absolute atomic E-state index is 13.2. The molecule has 210 valence electrons. The molecular formula is C33H38N2O5. The number of oxazole rings is 1. The number of rotatable bonds is 13. The molecule has 40 heavy (non-hydrogen) atoms. The fourth-order valence-electron chi connectivity index (χ4n) is 4.60. The van der Waals surface area contributed by atoms with Gasteiger partial charge in [-0.1, -0.05) is 50.1 Å². The molecule has 0 fully saturated rings. The Kier molecular flexibility index (Phi) is 10.2. The van der Waals surface area contributed by atoms with Crippen molar-refractivity contribution in [3.8, 4) is 28.7 Å². The zero-order valence-electron chi connectivity index (χ0n) is 23.8. The lowest BCUT2D eigenvalue weighted by Crippen LogP contribution is -2.37. The van der Waals surface area contributed by atoms with Crippen molar-refractivity contribution in [2.75, 3.05) is 20.3 Å². The summed E-state index contributed by atoms with van der Waals surface area (Å²) in [6.07, 6.45) is 3.15. The van der Waals surface area contributed by atoms with Crippen LogP contribution in [0, 0.1) is 6.92 Å². The Hall–Kier alpha value is -4.26. The van der Waals surface area contributed by atoms with E-state index in [4.69, 9.17) is 18.6 Å². The molecule has 0 spiro atoms. The molecule has 1 amide bonds. The summed E-state index contributed by atoms with van der Waals surface area (Å²) < 4.78 is 22.8. The van der Waals surface area contributed by atoms with Crippen LogP contribution in [0.5, 0.6) is 17.2 Å². The normalized spacial score (nSPS) is 11.6. The molecule has 0 N–H and O–H groups in total. The van der Waals surface area contributed by atoms with Crippen LogP contribution in [0.1, 0.15) is 56.2 Å². The van der Waals surface area contributed by atoms with Crippen LogP contribution in [0.3, 0.4) is 0 Å². The van der Waals surface area contributed by atoms with E-state index >= 15 is 0 Å². The van der Waals surface area contributed by atoms with Crippen molar-refractivity contribution < 1.29 is 23.4 Å². The van der Waals surface area contributed by atoms with Crippen molar-refractivity contribution in [2.24, 2.45) is 0 Å². The van der Waals surface area contributed by atoms with Gasteiger partial charge in [0.25, 0.3) is 0 Å². The number of aryl methyl sites for hydroxylation is 1. The summed E-state index contributed by atoms with van der Waals surface area (Å²) in [7, 11) is 1.60. The van der Waals surface area contributed by atoms with Crippen LogP contribution >= 0.6 is 0 Å². The van der Waals surface area contributed by atoms with Gasteiger partial charge >= 0.3 is 6.09 Å². The van der Waals surface area contributed by atoms with E-state index in [0.29, 0.717) is 37.0 Å². The van der Waals surface area contributed by atoms with Crippen LogP contribution in [-0.2, 0) is 6.42 Å². The number of methoxy groups -OCH3 is 1. The lowest BCUT2D eigenvalue weighted by atomic mass is 9.99. The third-order valence-electron chi connectivity index (χ3n) is 6.83. The minimum atomic E-state index is -0.369. The summed E-state index contributed by atoms with van der Waals surface area (Å²) in [5, 5.41) is 0. The molecule has 1 unspecified atom stereocenters. The molecule has 0 saturated heterocycles. The Morgan fingerprint density at radius 2 is 1.60 bits per heavy atom. The number of ether oxygens (including phenoxy) is 3. The second kappa shape index (κ2) is 14.2. The van der Waals surface area contributed by atoms with Crippen LogP contribution in [0.4, 0.5) is 4.79 Å². The van der Waals surface area contributed by atoms with E-state index < -0.39 is 0 Å². The van der Waals surface area contributed by atoms with Crippen LogP contribution in [0.25, 0.3) is 11.5 Å². The lowest BCUT2D eigenvalue weighted by molar-refractivity contribution is 0.130. The van der Waals surface area contributed by atoms with Crippen molar-refractivity contribution in [2.45, 2.75) is 52.5 Å². The number of carbonyl (C=O) groups excluding carboxylic acids is 1. The van der Waals surface area contributed by atoms with Gasteiger partial charge in [0.05, 0.1) is 25.5 Å². The van der Waals surface area contributed by atoms with Gasteiger partial charge < -0.3 is 23.5 Å². The predicted molar refractivity (Wildman–Crippen MR) is 156 cm³/mol. The number of nitrogens with zero attached hydrogens (tertiary/aromatic N) is 2. The third kappa shape index (κ3) is 7.44. The van der Waals surface area contributed by atoms with Crippen molar-refractivity contribution in [3.63, 3.8) is 0 Å². The number of aromatic nitrogens is 1. The van der Waals surface area contributed by atoms with E-state index in [1.165, 1.54) is 0 Å². The molecule has 0 saturated carbocycles. The SMILES string of the molecule is CCCCC(c1ccc(OCCc2nc(-c3ccccc3)oc2C)cc1)N(CC)C(=O)Oc1ccc(OC)cc1. The Morgan fingerprint density at radius 1 is 0.925 bits per heavy atom. The first kappa shape index (κ1) is 28.7. The van der Waals surface area contributed by atoms with Gasteiger partial charge in [0.15, 0.2) is 0 Å². The average Bonchev–Trinajstić information content (AvgIpc) is 3.36. The highest BCUT2D eigenvalue weighted by atomic mass is 16.6. The van der Waals surface area contributed by atoms with Gasteiger partial charge in [-0.2, -0.15) is 0 Å². The first-order valence-corrected chi connectivity index (χ1v) is 13.9. The number of benzene rings is 3. The number of amides is 1. The quantitative estimate of drug-likeness (QED) is 0.170. The van der Waals surface area contributed by atoms with Crippen molar-refractivity contribution >= 4 is 6.09 Å². The number of carbonyl (C=O) groups is 1. The number of hydrogen-bond acceptors (Lipinski definition) is 6. The zero-order valence-corrected chi connectivity index (χ0v) is 23.8. The van der Waals surface area contributed by atoms with E-state index in [0.717, 1.165) is 47.6 Å². The van der Waals surface area contributed by atoms with E-state index in [2.05, 4.69) is 11.9 Å². The molecular weight excluding hydrogens is 504 g/mol. The molecule has 3 aromatic carbocycles. The van der Waals surface area contributed by atoms with Gasteiger partial charge in [-0.25, -0.2) is 9.78 Å². The van der Waals surface area contributed by atoms with Crippen LogP contribution in [0.2, 0.25) is 0 Å². The van der Waals surface area contributed by atoms with Gasteiger partial charge in [-0.15, -0.1) is 0 Å². The first-order chi connectivity index (χ1) is 19.5. The van der Waals surface area contributed by atoms with Crippen LogP contribution < -0.4 is 14.2 Å². The predicted octanol–water partition coefficient (Wildman–Crippen LogP) is 8.03. The maximum atomic E-state index is 13.2. The minimum Gasteiger partial charge on any atom is -0.497 e. The topological polar surface area (TPSA) is 74.0 Å². The summed E-state index contributed by atoms with van der Waals surface area (Å²) >= 11 is 0. The molecule has 1 aromatic heterocycles. The minimum absolute atomic E-state index is 0.0982. The zero-order chi connectivity index (χ0) is 28.3. The van der Waals surface area contributed by atoms with E-state index in [-0.39, 0.29) is 12.1 Å². The van der Waals surface area contributed by atoms with E-state index in [1.807, 2.05) is 68.4 Å². The lowest BCUT2D eigenvalue weighted by Gasteiger charge is -2.30. The second-order valence-electron chi connectivity index (χ2n) is 9.54. The highest BCUT2D eigenvalue weighted by Gasteiger charge is 2.25. The molecule has 4 aromatic rings. The largest absolute Gasteiger partial charge is 0.497 e. The van der Waals surface area contributed by atoms with E-state index in [9.17, 15) is 4.79 Å². The maximum Gasteiger partial charge on any atom is 0.415 e. The Balaban J connectivity index is 1.38. The highest BCUT2D eigenvalue weighted by Crippen LogP contribution is 2.30. The molecule has 1 atom stereocenters. The smallest absolute Gasteiger partial charge is 0.415 e. The van der Waals surface area contributed by atoms with Gasteiger partial charge in [-0.3, -0.25) is 0 Å². The number of unbranched alkanes of at least 4 members (excludes halogenated alkanes) is 1. The third-order valence-corrected chi connectivity index (χ3v) is 6.83. The summed E-state index contributed by atoms with van der Waals surface area (Å²) in [5.41, 5.74) is 2.90. The summed E-state index contributed by atoms with van der Waals surface area (Å²) in [5.74, 6) is 3.40. The average molecular weight is 543 g/mol. The molecule has 0 aliphatic heterocycles. The Labute approximate surface area is 236 Å². The first-order valence-electron chi connectivity index (χ1n) is 13.9. The molecule has 0 aliphatic rings. The van der Waals surface area contributed by atoms with Gasteiger partial charge in [0.2, 0.25) is 5.89 Å². The number of hydrogen-bond donors (Lipinski definition) is 0. The van der Waals surface area contributed by atoms with Crippen LogP contribution in [-0.4, -0.2) is 36.2 Å². The molecule has 7 heteroatoms. The molecule has 1 heterocycles. The highest BCUT2D eigenvalue weighted by molar-refractivity contribution is 5.71. The van der Waals surface area contributed by atoms with Gasteiger partial charge in [0, 0.05) is 18.5 Å². The Bertz CT molecular complexity index is 1330. The fraction of sp³-hybridized carbons (Fsp3) is 0.333. The van der Waals surface area contributed by atoms with Crippen molar-refractivity contribution in [1.29, 1.82) is 0 Å². The standard InChI is InChI=1S/C33H38N2O5/c1-5-7-13-31(35(6-2)33(36)40-29-20-18-27(37-4)19-21-29)25-14-16-28(17-15-25)38-23-22-30-24(3)39-32(34-30)26-11-9-8-10-12-26/h8-12,14-21,31H,5-7,13,22-23H2,1-4H3. The fourth-order valence-corrected chi connectivity index (χ4v) is 4.60. The monoisotopic (exact) mass is 542 g/mol. The Morgan fingerprint density at radius 3 is 2.25 bits per heavy atom. The summed E-state index contributed by atoms with van der Waals surface area (Å²) in [4.78, 5) is 19.6. The molecule has 7 nitrogen and oxygen atoms in total. The summed E-state index contributed by atoms with van der Waals surface area (Å²) in [6, 6.07) is 24.8. The van der Waals surface area contributed by atoms with E-state index in [1.54, 1.807) is 36.3 Å². The van der Waals surface area contributed by atoms with Crippen molar-refractivity contribution in [3.05, 3.63) is 95.9 Å². The molecule has 4 rings (SSSR count). The van der Waals surface area contributed by atoms with Crippen LogP contribution in [0.15, 0.2) is 83.3 Å². The molecule has 0 aliphatic carbocycles. The van der Waals surface area contributed by atoms with Gasteiger partial charge in [0.1, 0.15) is 23.0 Å². The summed E-state index contributed by atoms with van der Waals surface area (Å²) in [6.45, 7) is 7.07. The molecule has 0 radical (unpaired) electrons.